The zero-order chi connectivity index (χ0) is 35.1. The first-order chi connectivity index (χ1) is 23.7. The summed E-state index contributed by atoms with van der Waals surface area (Å²) in [6, 6.07) is 0. The second kappa shape index (κ2) is 20.7. The van der Waals surface area contributed by atoms with Gasteiger partial charge in [0.25, 0.3) is 0 Å². The molecule has 4 unspecified atom stereocenters. The summed E-state index contributed by atoms with van der Waals surface area (Å²) in [6.45, 7) is 14.9. The van der Waals surface area contributed by atoms with E-state index in [9.17, 15) is 4.79 Å². The Morgan fingerprint density at radius 3 is 2.20 bits per heavy atom. The van der Waals surface area contributed by atoms with Crippen molar-refractivity contribution < 1.29 is 9.53 Å². The molecule has 4 aliphatic rings. The summed E-state index contributed by atoms with van der Waals surface area (Å²) in [6.07, 6.45) is 43.5. The molecule has 0 radical (unpaired) electrons. The molecule has 8 atom stereocenters. The van der Waals surface area contributed by atoms with Crippen LogP contribution in [0.1, 0.15) is 202 Å². The molecule has 0 spiro atoms. The van der Waals surface area contributed by atoms with Crippen LogP contribution in [0.3, 0.4) is 0 Å². The number of hydrogen-bond acceptors (Lipinski definition) is 2. The molecule has 3 saturated carbocycles. The second-order valence-electron chi connectivity index (χ2n) is 18.3. The summed E-state index contributed by atoms with van der Waals surface area (Å²) in [5.74, 6) is 5.31. The van der Waals surface area contributed by atoms with Crippen molar-refractivity contribution in [1.82, 2.24) is 0 Å². The van der Waals surface area contributed by atoms with Crippen LogP contribution in [0.25, 0.3) is 0 Å². The lowest BCUT2D eigenvalue weighted by atomic mass is 9.47. The van der Waals surface area contributed by atoms with Gasteiger partial charge in [0.15, 0.2) is 0 Å². The number of unbranched alkanes of at least 4 members (excludes halogenated alkanes) is 10. The van der Waals surface area contributed by atoms with E-state index in [1.165, 1.54) is 122 Å². The van der Waals surface area contributed by atoms with Gasteiger partial charge in [0.1, 0.15) is 6.10 Å². The third-order valence-corrected chi connectivity index (χ3v) is 14.4. The van der Waals surface area contributed by atoms with E-state index in [4.69, 9.17) is 4.74 Å². The van der Waals surface area contributed by atoms with Gasteiger partial charge in [-0.1, -0.05) is 142 Å². The van der Waals surface area contributed by atoms with Crippen molar-refractivity contribution in [2.24, 2.45) is 46.3 Å². The predicted octanol–water partition coefficient (Wildman–Crippen LogP) is 14.5. The fourth-order valence-electron chi connectivity index (χ4n) is 11.4. The van der Waals surface area contributed by atoms with Crippen LogP contribution in [0.4, 0.5) is 0 Å². The van der Waals surface area contributed by atoms with Crippen molar-refractivity contribution >= 4 is 5.97 Å². The number of esters is 1. The summed E-state index contributed by atoms with van der Waals surface area (Å²) in [4.78, 5) is 12.8. The van der Waals surface area contributed by atoms with E-state index in [-0.39, 0.29) is 12.1 Å². The average molecular weight is 677 g/mol. The fraction of sp³-hybridized carbons (Fsp3) is 0.851. The monoisotopic (exact) mass is 677 g/mol. The maximum atomic E-state index is 12.8. The number of carbonyl (C=O) groups excluding carboxylic acids is 1. The molecule has 2 nitrogen and oxygen atoms in total. The zero-order valence-electron chi connectivity index (χ0n) is 33.4. The Bertz CT molecular complexity index is 1050. The highest BCUT2D eigenvalue weighted by Gasteiger charge is 2.59. The van der Waals surface area contributed by atoms with Gasteiger partial charge >= 0.3 is 5.97 Å². The minimum atomic E-state index is 0.0541. The van der Waals surface area contributed by atoms with Crippen LogP contribution in [0.2, 0.25) is 0 Å². The summed E-state index contributed by atoms with van der Waals surface area (Å²) in [7, 11) is 0. The molecule has 4 aliphatic carbocycles. The maximum Gasteiger partial charge on any atom is 0.306 e. The predicted molar refractivity (Wildman–Crippen MR) is 212 cm³/mol. The lowest BCUT2D eigenvalue weighted by molar-refractivity contribution is -0.151. The topological polar surface area (TPSA) is 26.3 Å². The van der Waals surface area contributed by atoms with E-state index >= 15 is 0 Å². The quantitative estimate of drug-likeness (QED) is 0.0648. The van der Waals surface area contributed by atoms with Crippen LogP contribution in [-0.2, 0) is 9.53 Å². The third-order valence-electron chi connectivity index (χ3n) is 14.4. The molecule has 0 aliphatic heterocycles. The first-order valence-electron chi connectivity index (χ1n) is 21.9. The van der Waals surface area contributed by atoms with Crippen LogP contribution in [0.15, 0.2) is 36.0 Å². The van der Waals surface area contributed by atoms with Crippen LogP contribution in [0, 0.1) is 46.3 Å². The van der Waals surface area contributed by atoms with Crippen molar-refractivity contribution in [1.29, 1.82) is 0 Å². The Morgan fingerprint density at radius 2 is 1.49 bits per heavy atom. The van der Waals surface area contributed by atoms with Crippen LogP contribution in [-0.4, -0.2) is 12.1 Å². The number of hydrogen-bond donors (Lipinski definition) is 0. The van der Waals surface area contributed by atoms with Crippen molar-refractivity contribution in [2.75, 3.05) is 0 Å². The van der Waals surface area contributed by atoms with Gasteiger partial charge in [-0.15, -0.1) is 0 Å². The molecule has 0 aromatic rings. The summed E-state index contributed by atoms with van der Waals surface area (Å²) >= 11 is 0. The second-order valence-corrected chi connectivity index (χ2v) is 18.3. The number of carbonyl (C=O) groups is 1. The van der Waals surface area contributed by atoms with Gasteiger partial charge in [-0.25, -0.2) is 0 Å². The highest BCUT2D eigenvalue weighted by molar-refractivity contribution is 5.69. The van der Waals surface area contributed by atoms with E-state index in [1.54, 1.807) is 5.57 Å². The molecule has 0 aromatic heterocycles. The molecular formula is C47H80O2. The number of rotatable bonds is 22. The van der Waals surface area contributed by atoms with Crippen LogP contribution >= 0.6 is 0 Å². The van der Waals surface area contributed by atoms with E-state index in [0.717, 1.165) is 67.6 Å². The Kier molecular flexibility index (Phi) is 17.1. The number of allylic oxidation sites excluding steroid dienone is 5. The fourth-order valence-corrected chi connectivity index (χ4v) is 11.4. The van der Waals surface area contributed by atoms with Crippen molar-refractivity contribution in [3.8, 4) is 0 Å². The van der Waals surface area contributed by atoms with E-state index in [0.29, 0.717) is 17.3 Å². The molecular weight excluding hydrogens is 597 g/mol. The molecule has 49 heavy (non-hydrogen) atoms. The van der Waals surface area contributed by atoms with Gasteiger partial charge < -0.3 is 4.74 Å². The smallest absolute Gasteiger partial charge is 0.306 e. The minimum absolute atomic E-state index is 0.0541. The molecule has 3 fully saturated rings. The summed E-state index contributed by atoms with van der Waals surface area (Å²) < 4.78 is 6.13. The van der Waals surface area contributed by atoms with Crippen LogP contribution in [0.5, 0.6) is 0 Å². The molecule has 2 heteroatoms. The van der Waals surface area contributed by atoms with Gasteiger partial charge in [0.2, 0.25) is 0 Å². The van der Waals surface area contributed by atoms with E-state index in [2.05, 4.69) is 71.9 Å². The Labute approximate surface area is 305 Å². The normalized spacial score (nSPS) is 31.9. The Hall–Kier alpha value is -1.31. The van der Waals surface area contributed by atoms with Crippen molar-refractivity contribution in [2.45, 2.75) is 208 Å². The van der Waals surface area contributed by atoms with Gasteiger partial charge in [-0.2, -0.15) is 0 Å². The van der Waals surface area contributed by atoms with Gasteiger partial charge in [0.05, 0.1) is 0 Å². The van der Waals surface area contributed by atoms with Crippen molar-refractivity contribution in [3.05, 3.63) is 36.0 Å². The average Bonchev–Trinajstić information content (AvgIpc) is 3.43. The van der Waals surface area contributed by atoms with Crippen molar-refractivity contribution in [3.63, 3.8) is 0 Å². The summed E-state index contributed by atoms with van der Waals surface area (Å²) in [5, 5.41) is 0. The molecule has 0 N–H and O–H groups in total. The number of fused-ring (bicyclic) bond motifs is 5. The maximum absolute atomic E-state index is 12.8. The molecule has 280 valence electrons. The van der Waals surface area contributed by atoms with Crippen LogP contribution < -0.4 is 0 Å². The minimum Gasteiger partial charge on any atom is -0.462 e. The largest absolute Gasteiger partial charge is 0.462 e. The Morgan fingerprint density at radius 1 is 0.796 bits per heavy atom. The van der Waals surface area contributed by atoms with Gasteiger partial charge in [-0.05, 0) is 130 Å². The lowest BCUT2D eigenvalue weighted by Gasteiger charge is -2.58. The highest BCUT2D eigenvalue weighted by atomic mass is 16.5. The van der Waals surface area contributed by atoms with E-state index < -0.39 is 0 Å². The Balaban J connectivity index is 1.09. The molecule has 0 bridgehead atoms. The molecule has 0 saturated heterocycles. The lowest BCUT2D eigenvalue weighted by Crippen LogP contribution is -2.51. The standard InChI is InChI=1S/C47H80O2/c1-7-8-9-10-11-12-13-14-15-16-17-18-19-20-21-22-23-27-45(48)49-40-32-34-46(5)39(36-40)28-29-41-43-31-30-42(38(4)26-24-25-37(2)3)47(43,6)35-33-44(41)46/h11-12,14-15,28,37-38,40-44H,7-10,13,16-27,29-36H2,1-6H3/t38-,40+,41?,42?,43?,44?,46+,47-/m1/s1. The van der Waals surface area contributed by atoms with Gasteiger partial charge in [0, 0.05) is 12.8 Å². The third kappa shape index (κ3) is 11.6. The molecule has 0 amide bonds. The first-order valence-corrected chi connectivity index (χ1v) is 21.9. The molecule has 4 rings (SSSR count). The number of ether oxygens (including phenoxy) is 1. The summed E-state index contributed by atoms with van der Waals surface area (Å²) in [5.41, 5.74) is 2.52. The highest BCUT2D eigenvalue weighted by Crippen LogP contribution is 2.67. The molecule has 0 heterocycles. The first kappa shape index (κ1) is 40.5. The van der Waals surface area contributed by atoms with Gasteiger partial charge in [-0.3, -0.25) is 4.79 Å². The van der Waals surface area contributed by atoms with E-state index in [1.807, 2.05) is 0 Å². The molecule has 0 aromatic carbocycles. The zero-order valence-corrected chi connectivity index (χ0v) is 33.4. The SMILES string of the molecule is CCCCCC=CCC=CCCCCCCCCCC(=O)O[C@H]1CC[C@@]2(C)C(=CCC3C4CCC([C@H](C)CCCC(C)C)[C@@]4(C)CCC32)C1.